The van der Waals surface area contributed by atoms with Crippen LogP contribution in [0.1, 0.15) is 23.4 Å². The molecule has 7 heteroatoms. The molecule has 2 amide bonds. The van der Waals surface area contributed by atoms with E-state index in [2.05, 4.69) is 15.3 Å². The minimum absolute atomic E-state index is 0.0334. The van der Waals surface area contributed by atoms with E-state index in [0.717, 1.165) is 22.1 Å². The predicted octanol–water partition coefficient (Wildman–Crippen LogP) is 0.952. The number of nitrogens with one attached hydrogen (secondary N) is 1. The van der Waals surface area contributed by atoms with Gasteiger partial charge in [-0.25, -0.2) is 9.97 Å². The largest absolute Gasteiger partial charge is 0.347 e. The molecular weight excluding hydrogens is 288 g/mol. The minimum Gasteiger partial charge on any atom is -0.347 e. The molecule has 0 bridgehead atoms. The monoisotopic (exact) mass is 310 g/mol. The van der Waals surface area contributed by atoms with Gasteiger partial charge in [0.15, 0.2) is 5.16 Å². The zero-order valence-electron chi connectivity index (χ0n) is 13.2. The quantitative estimate of drug-likeness (QED) is 0.625. The predicted molar refractivity (Wildman–Crippen MR) is 83.3 cm³/mol. The first kappa shape index (κ1) is 17.4. The molecule has 1 aromatic rings. The second kappa shape index (κ2) is 7.97. The molecule has 0 atom stereocenters. The van der Waals surface area contributed by atoms with Crippen LogP contribution < -0.4 is 5.32 Å². The van der Waals surface area contributed by atoms with Gasteiger partial charge in [-0.05, 0) is 32.1 Å². The number of aryl methyl sites for hydroxylation is 2. The van der Waals surface area contributed by atoms with E-state index >= 15 is 0 Å². The van der Waals surface area contributed by atoms with Crippen molar-refractivity contribution in [2.75, 3.05) is 26.9 Å². The summed E-state index contributed by atoms with van der Waals surface area (Å²) in [5, 5.41) is 3.37. The van der Waals surface area contributed by atoms with Gasteiger partial charge in [-0.1, -0.05) is 11.8 Å². The van der Waals surface area contributed by atoms with Crippen molar-refractivity contribution in [1.29, 1.82) is 0 Å². The van der Waals surface area contributed by atoms with E-state index in [1.165, 1.54) is 16.7 Å². The average molecular weight is 310 g/mol. The van der Waals surface area contributed by atoms with E-state index in [-0.39, 0.29) is 18.4 Å². The Hall–Kier alpha value is -1.63. The average Bonchev–Trinajstić information content (AvgIpc) is 2.43. The molecule has 0 saturated carbocycles. The Bertz CT molecular complexity index is 509. The summed E-state index contributed by atoms with van der Waals surface area (Å²) in [5.41, 5.74) is 2.81. The SMILES string of the molecule is CSc1nc(C)c(CCC(=O)NCC(=O)N(C)C)c(C)n1. The smallest absolute Gasteiger partial charge is 0.241 e. The number of hydrogen-bond acceptors (Lipinski definition) is 5. The Labute approximate surface area is 129 Å². The van der Waals surface area contributed by atoms with Gasteiger partial charge in [-0.3, -0.25) is 9.59 Å². The standard InChI is InChI=1S/C14H22N4O2S/c1-9-11(10(2)17-14(16-9)21-5)6-7-12(19)15-8-13(20)18(3)4/h6-8H2,1-5H3,(H,15,19). The normalized spacial score (nSPS) is 10.3. The zero-order valence-corrected chi connectivity index (χ0v) is 14.0. The lowest BCUT2D eigenvalue weighted by atomic mass is 10.1. The van der Waals surface area contributed by atoms with Crippen molar-refractivity contribution >= 4 is 23.6 Å². The van der Waals surface area contributed by atoms with E-state index in [1.807, 2.05) is 20.1 Å². The van der Waals surface area contributed by atoms with Gasteiger partial charge >= 0.3 is 0 Å². The molecule has 0 aliphatic heterocycles. The first-order valence-electron chi connectivity index (χ1n) is 6.70. The van der Waals surface area contributed by atoms with Gasteiger partial charge in [0, 0.05) is 31.9 Å². The fraction of sp³-hybridized carbons (Fsp3) is 0.571. The Balaban J connectivity index is 2.56. The number of nitrogens with zero attached hydrogens (tertiary/aromatic N) is 3. The molecule has 6 nitrogen and oxygen atoms in total. The van der Waals surface area contributed by atoms with Crippen LogP contribution in [0.4, 0.5) is 0 Å². The Kier molecular flexibility index (Phi) is 6.61. The molecule has 1 heterocycles. The van der Waals surface area contributed by atoms with Crippen molar-refractivity contribution in [2.24, 2.45) is 0 Å². The van der Waals surface area contributed by atoms with Gasteiger partial charge in [0.05, 0.1) is 6.54 Å². The molecule has 21 heavy (non-hydrogen) atoms. The molecule has 1 rings (SSSR count). The molecule has 0 fully saturated rings. The van der Waals surface area contributed by atoms with Crippen LogP contribution in [0.15, 0.2) is 5.16 Å². The lowest BCUT2D eigenvalue weighted by molar-refractivity contribution is -0.130. The summed E-state index contributed by atoms with van der Waals surface area (Å²) in [4.78, 5) is 33.4. The second-order valence-electron chi connectivity index (χ2n) is 4.92. The van der Waals surface area contributed by atoms with Crippen LogP contribution in [0, 0.1) is 13.8 Å². The summed E-state index contributed by atoms with van der Waals surface area (Å²) in [6.07, 6.45) is 2.84. The highest BCUT2D eigenvalue weighted by atomic mass is 32.2. The topological polar surface area (TPSA) is 75.2 Å². The van der Waals surface area contributed by atoms with Crippen LogP contribution in [0.5, 0.6) is 0 Å². The van der Waals surface area contributed by atoms with Gasteiger partial charge in [-0.15, -0.1) is 0 Å². The third-order valence-corrected chi connectivity index (χ3v) is 3.67. The molecule has 116 valence electrons. The van der Waals surface area contributed by atoms with E-state index < -0.39 is 0 Å². The molecule has 1 aromatic heterocycles. The number of rotatable bonds is 6. The van der Waals surface area contributed by atoms with E-state index in [9.17, 15) is 9.59 Å². The number of amides is 2. The minimum atomic E-state index is -0.141. The van der Waals surface area contributed by atoms with Crippen molar-refractivity contribution in [3.05, 3.63) is 17.0 Å². The molecule has 0 saturated heterocycles. The van der Waals surface area contributed by atoms with Crippen LogP contribution in [0.3, 0.4) is 0 Å². The molecule has 0 aliphatic rings. The first-order chi connectivity index (χ1) is 9.85. The van der Waals surface area contributed by atoms with Crippen LogP contribution in [0.2, 0.25) is 0 Å². The summed E-state index contributed by atoms with van der Waals surface area (Å²) in [6.45, 7) is 3.89. The third-order valence-electron chi connectivity index (χ3n) is 3.12. The van der Waals surface area contributed by atoms with Crippen molar-refractivity contribution in [1.82, 2.24) is 20.2 Å². The van der Waals surface area contributed by atoms with E-state index in [4.69, 9.17) is 0 Å². The Morgan fingerprint density at radius 2 is 1.76 bits per heavy atom. The second-order valence-corrected chi connectivity index (χ2v) is 5.70. The van der Waals surface area contributed by atoms with Crippen molar-refractivity contribution < 1.29 is 9.59 Å². The maximum atomic E-state index is 11.8. The van der Waals surface area contributed by atoms with Crippen molar-refractivity contribution in [3.63, 3.8) is 0 Å². The maximum absolute atomic E-state index is 11.8. The van der Waals surface area contributed by atoms with Crippen molar-refractivity contribution in [3.8, 4) is 0 Å². The van der Waals surface area contributed by atoms with E-state index in [1.54, 1.807) is 14.1 Å². The molecule has 0 spiro atoms. The lowest BCUT2D eigenvalue weighted by Crippen LogP contribution is -2.36. The van der Waals surface area contributed by atoms with Gasteiger partial charge in [-0.2, -0.15) is 0 Å². The summed E-state index contributed by atoms with van der Waals surface area (Å²) in [5.74, 6) is -0.263. The van der Waals surface area contributed by atoms with Gasteiger partial charge in [0.25, 0.3) is 0 Å². The highest BCUT2D eigenvalue weighted by molar-refractivity contribution is 7.98. The highest BCUT2D eigenvalue weighted by Crippen LogP contribution is 2.16. The maximum Gasteiger partial charge on any atom is 0.241 e. The van der Waals surface area contributed by atoms with Crippen LogP contribution in [-0.2, 0) is 16.0 Å². The van der Waals surface area contributed by atoms with Crippen LogP contribution >= 0.6 is 11.8 Å². The number of hydrogen-bond donors (Lipinski definition) is 1. The highest BCUT2D eigenvalue weighted by Gasteiger charge is 2.11. The van der Waals surface area contributed by atoms with Crippen LogP contribution in [0.25, 0.3) is 0 Å². The van der Waals surface area contributed by atoms with Crippen LogP contribution in [-0.4, -0.2) is 53.6 Å². The number of thioether (sulfide) groups is 1. The lowest BCUT2D eigenvalue weighted by Gasteiger charge is -2.12. The summed E-state index contributed by atoms with van der Waals surface area (Å²) < 4.78 is 0. The Morgan fingerprint density at radius 1 is 1.19 bits per heavy atom. The Morgan fingerprint density at radius 3 is 2.24 bits per heavy atom. The molecule has 0 unspecified atom stereocenters. The van der Waals surface area contributed by atoms with Gasteiger partial charge in [0.1, 0.15) is 0 Å². The molecule has 0 aromatic carbocycles. The number of carbonyl (C=O) groups is 2. The van der Waals surface area contributed by atoms with Gasteiger partial charge in [0.2, 0.25) is 11.8 Å². The fourth-order valence-electron chi connectivity index (χ4n) is 1.82. The fourth-order valence-corrected chi connectivity index (χ4v) is 2.28. The number of carbonyl (C=O) groups excluding carboxylic acids is 2. The number of likely N-dealkylation sites (N-methyl/N-ethyl adjacent to an activating group) is 1. The molecule has 0 aliphatic carbocycles. The number of aromatic nitrogens is 2. The third kappa shape index (κ3) is 5.34. The van der Waals surface area contributed by atoms with E-state index in [0.29, 0.717) is 12.8 Å². The summed E-state index contributed by atoms with van der Waals surface area (Å²) in [7, 11) is 3.32. The zero-order chi connectivity index (χ0) is 16.0. The summed E-state index contributed by atoms with van der Waals surface area (Å²) in [6, 6.07) is 0. The summed E-state index contributed by atoms with van der Waals surface area (Å²) >= 11 is 1.50. The molecule has 1 N–H and O–H groups in total. The molecule has 0 radical (unpaired) electrons. The van der Waals surface area contributed by atoms with Gasteiger partial charge < -0.3 is 10.2 Å². The molecular formula is C14H22N4O2S. The van der Waals surface area contributed by atoms with Crippen molar-refractivity contribution in [2.45, 2.75) is 31.8 Å². The first-order valence-corrected chi connectivity index (χ1v) is 7.92.